The van der Waals surface area contributed by atoms with Crippen LogP contribution in [0.5, 0.6) is 0 Å². The summed E-state index contributed by atoms with van der Waals surface area (Å²) >= 11 is 0. The molecular formula is C10H16O3. The van der Waals surface area contributed by atoms with E-state index in [0.717, 1.165) is 12.8 Å². The number of allylic oxidation sites excluding steroid dienone is 1. The number of hydrogen-bond acceptors (Lipinski definition) is 3. The molecule has 0 aromatic heterocycles. The van der Waals surface area contributed by atoms with E-state index < -0.39 is 5.97 Å². The van der Waals surface area contributed by atoms with Crippen molar-refractivity contribution in [3.8, 4) is 0 Å². The van der Waals surface area contributed by atoms with Gasteiger partial charge in [-0.2, -0.15) is 0 Å². The number of ether oxygens (including phenoxy) is 1. The maximum atomic E-state index is 10.6. The first-order chi connectivity index (χ1) is 6.31. The van der Waals surface area contributed by atoms with Crippen LogP contribution in [0.25, 0.3) is 0 Å². The van der Waals surface area contributed by atoms with Crippen molar-refractivity contribution in [1.82, 2.24) is 0 Å². The molecule has 0 heterocycles. The van der Waals surface area contributed by atoms with E-state index in [1.54, 1.807) is 6.08 Å². The lowest BCUT2D eigenvalue weighted by molar-refractivity contribution is -0.150. The van der Waals surface area contributed by atoms with E-state index in [-0.39, 0.29) is 12.9 Å². The fraction of sp³-hybridized carbons (Fsp3) is 0.600. The minimum atomic E-state index is -0.498. The molecule has 0 aliphatic heterocycles. The van der Waals surface area contributed by atoms with Gasteiger partial charge in [-0.1, -0.05) is 31.9 Å². The van der Waals surface area contributed by atoms with Gasteiger partial charge in [0.25, 0.3) is 0 Å². The second-order valence-corrected chi connectivity index (χ2v) is 2.76. The van der Waals surface area contributed by atoms with E-state index in [4.69, 9.17) is 0 Å². The lowest BCUT2D eigenvalue weighted by atomic mass is 10.2. The molecule has 0 aliphatic rings. The number of rotatable bonds is 7. The van der Waals surface area contributed by atoms with E-state index in [9.17, 15) is 9.59 Å². The number of hydrogen-bond donors (Lipinski definition) is 0. The van der Waals surface area contributed by atoms with Gasteiger partial charge in [-0.05, 0) is 12.8 Å². The van der Waals surface area contributed by atoms with Crippen molar-refractivity contribution in [3.05, 3.63) is 12.2 Å². The van der Waals surface area contributed by atoms with E-state index >= 15 is 0 Å². The van der Waals surface area contributed by atoms with Crippen LogP contribution in [0.2, 0.25) is 0 Å². The zero-order chi connectivity index (χ0) is 9.94. The van der Waals surface area contributed by atoms with Gasteiger partial charge in [0.15, 0.2) is 0 Å². The highest BCUT2D eigenvalue weighted by Crippen LogP contribution is 2.00. The predicted octanol–water partition coefficient (Wildman–Crippen LogP) is 2.21. The maximum absolute atomic E-state index is 10.6. The molecule has 0 unspecified atom stereocenters. The SMILES string of the molecule is CCCCCC=CCC(=O)OC=O. The lowest BCUT2D eigenvalue weighted by Gasteiger charge is -1.92. The highest BCUT2D eigenvalue weighted by atomic mass is 16.6. The Morgan fingerprint density at radius 3 is 2.69 bits per heavy atom. The quantitative estimate of drug-likeness (QED) is 0.200. The van der Waals surface area contributed by atoms with Crippen LogP contribution >= 0.6 is 0 Å². The largest absolute Gasteiger partial charge is 0.395 e. The molecule has 0 amide bonds. The van der Waals surface area contributed by atoms with Crippen molar-refractivity contribution in [2.24, 2.45) is 0 Å². The van der Waals surface area contributed by atoms with Crippen LogP contribution in [-0.2, 0) is 14.3 Å². The van der Waals surface area contributed by atoms with E-state index in [1.165, 1.54) is 12.8 Å². The Morgan fingerprint density at radius 2 is 2.08 bits per heavy atom. The van der Waals surface area contributed by atoms with Crippen LogP contribution in [0, 0.1) is 0 Å². The van der Waals surface area contributed by atoms with Crippen LogP contribution in [0.4, 0.5) is 0 Å². The van der Waals surface area contributed by atoms with Crippen molar-refractivity contribution in [1.29, 1.82) is 0 Å². The normalized spacial score (nSPS) is 10.2. The minimum absolute atomic E-state index is 0.160. The zero-order valence-electron chi connectivity index (χ0n) is 7.99. The first-order valence-electron chi connectivity index (χ1n) is 4.59. The van der Waals surface area contributed by atoms with Gasteiger partial charge in [0.05, 0.1) is 6.42 Å². The lowest BCUT2D eigenvalue weighted by Crippen LogP contribution is -1.99. The molecule has 3 heteroatoms. The molecule has 0 aromatic rings. The summed E-state index contributed by atoms with van der Waals surface area (Å²) in [5.74, 6) is -0.498. The minimum Gasteiger partial charge on any atom is -0.395 e. The second kappa shape index (κ2) is 8.97. The molecule has 0 aromatic carbocycles. The molecule has 0 bridgehead atoms. The Kier molecular flexibility index (Phi) is 8.20. The highest BCUT2D eigenvalue weighted by molar-refractivity contribution is 5.77. The number of unbranched alkanes of at least 4 members (excludes halogenated alkanes) is 3. The average molecular weight is 184 g/mol. The van der Waals surface area contributed by atoms with Crippen LogP contribution in [0.15, 0.2) is 12.2 Å². The third kappa shape index (κ3) is 8.79. The van der Waals surface area contributed by atoms with Crippen LogP contribution in [-0.4, -0.2) is 12.4 Å². The fourth-order valence-corrected chi connectivity index (χ4v) is 0.911. The first-order valence-corrected chi connectivity index (χ1v) is 4.59. The highest BCUT2D eigenvalue weighted by Gasteiger charge is 1.95. The molecule has 74 valence electrons. The summed E-state index contributed by atoms with van der Waals surface area (Å²) in [6.07, 6.45) is 8.41. The molecule has 0 aliphatic carbocycles. The Bertz CT molecular complexity index is 173. The summed E-state index contributed by atoms with van der Waals surface area (Å²) in [5, 5.41) is 0. The van der Waals surface area contributed by atoms with Gasteiger partial charge >= 0.3 is 12.4 Å². The monoisotopic (exact) mass is 184 g/mol. The molecule has 13 heavy (non-hydrogen) atoms. The van der Waals surface area contributed by atoms with Crippen LogP contribution in [0.3, 0.4) is 0 Å². The Balaban J connectivity index is 3.29. The van der Waals surface area contributed by atoms with Crippen LogP contribution in [0.1, 0.15) is 39.0 Å². The molecule has 0 rings (SSSR count). The molecular weight excluding hydrogens is 168 g/mol. The van der Waals surface area contributed by atoms with Gasteiger partial charge in [-0.3, -0.25) is 9.59 Å². The summed E-state index contributed by atoms with van der Waals surface area (Å²) in [7, 11) is 0. The molecule has 0 saturated carbocycles. The Labute approximate surface area is 78.8 Å². The molecule has 0 radical (unpaired) electrons. The predicted molar refractivity (Wildman–Crippen MR) is 50.1 cm³/mol. The fourth-order valence-electron chi connectivity index (χ4n) is 0.911. The van der Waals surface area contributed by atoms with Crippen molar-refractivity contribution in [2.45, 2.75) is 39.0 Å². The van der Waals surface area contributed by atoms with E-state index in [1.807, 2.05) is 6.08 Å². The summed E-state index contributed by atoms with van der Waals surface area (Å²) in [4.78, 5) is 20.3. The Morgan fingerprint density at radius 1 is 1.31 bits per heavy atom. The first kappa shape index (κ1) is 11.9. The summed E-state index contributed by atoms with van der Waals surface area (Å²) in [6.45, 7) is 2.30. The summed E-state index contributed by atoms with van der Waals surface area (Å²) in [6, 6.07) is 0. The van der Waals surface area contributed by atoms with Crippen LogP contribution < -0.4 is 0 Å². The third-order valence-corrected chi connectivity index (χ3v) is 1.61. The molecule has 3 nitrogen and oxygen atoms in total. The summed E-state index contributed by atoms with van der Waals surface area (Å²) in [5.41, 5.74) is 0. The smallest absolute Gasteiger partial charge is 0.317 e. The van der Waals surface area contributed by atoms with Gasteiger partial charge in [0.1, 0.15) is 0 Å². The van der Waals surface area contributed by atoms with Crippen molar-refractivity contribution in [3.63, 3.8) is 0 Å². The molecule has 0 spiro atoms. The third-order valence-electron chi connectivity index (χ3n) is 1.61. The van der Waals surface area contributed by atoms with Gasteiger partial charge < -0.3 is 4.74 Å². The number of carbonyl (C=O) groups is 2. The van der Waals surface area contributed by atoms with Crippen molar-refractivity contribution < 1.29 is 14.3 Å². The average Bonchev–Trinajstić information content (AvgIpc) is 2.11. The number of esters is 1. The van der Waals surface area contributed by atoms with Crippen molar-refractivity contribution in [2.75, 3.05) is 0 Å². The topological polar surface area (TPSA) is 43.4 Å². The summed E-state index contributed by atoms with van der Waals surface area (Å²) < 4.78 is 4.10. The van der Waals surface area contributed by atoms with Crippen molar-refractivity contribution >= 4 is 12.4 Å². The number of carbonyl (C=O) groups excluding carboxylic acids is 2. The Hall–Kier alpha value is -1.12. The van der Waals surface area contributed by atoms with E-state index in [2.05, 4.69) is 11.7 Å². The molecule has 0 fully saturated rings. The molecule has 0 saturated heterocycles. The van der Waals surface area contributed by atoms with E-state index in [0.29, 0.717) is 0 Å². The second-order valence-electron chi connectivity index (χ2n) is 2.76. The van der Waals surface area contributed by atoms with Gasteiger partial charge in [-0.15, -0.1) is 0 Å². The molecule has 0 N–H and O–H groups in total. The van der Waals surface area contributed by atoms with Gasteiger partial charge in [0, 0.05) is 0 Å². The van der Waals surface area contributed by atoms with Gasteiger partial charge in [0.2, 0.25) is 0 Å². The standard InChI is InChI=1S/C10H16O3/c1-2-3-4-5-6-7-8-10(12)13-9-11/h6-7,9H,2-5,8H2,1H3. The maximum Gasteiger partial charge on any atom is 0.317 e. The van der Waals surface area contributed by atoms with Gasteiger partial charge in [-0.25, -0.2) is 0 Å². The zero-order valence-corrected chi connectivity index (χ0v) is 7.99. The molecule has 0 atom stereocenters.